The first kappa shape index (κ1) is 18.1. The van der Waals surface area contributed by atoms with Gasteiger partial charge in [0.25, 0.3) is 5.91 Å². The molecule has 5 nitrogen and oxygen atoms in total. The quantitative estimate of drug-likeness (QED) is 0.865. The predicted octanol–water partition coefficient (Wildman–Crippen LogP) is 2.23. The Kier molecular flexibility index (Phi) is 7.33. The lowest BCUT2D eigenvalue weighted by Crippen LogP contribution is -2.30. The van der Waals surface area contributed by atoms with Gasteiger partial charge in [0.05, 0.1) is 11.5 Å². The second kappa shape index (κ2) is 7.67. The fourth-order valence-corrected chi connectivity index (χ4v) is 2.22. The summed E-state index contributed by atoms with van der Waals surface area (Å²) in [5.41, 5.74) is 0.477. The summed E-state index contributed by atoms with van der Waals surface area (Å²) in [4.78, 5) is 28.3. The second-order valence-electron chi connectivity index (χ2n) is 3.97. The molecule has 8 heteroatoms. The zero-order chi connectivity index (χ0) is 12.4. The normalized spacial score (nSPS) is 17.3. The van der Waals surface area contributed by atoms with Gasteiger partial charge in [0.1, 0.15) is 0 Å². The maximum Gasteiger partial charge on any atom is 0.308 e. The van der Waals surface area contributed by atoms with Crippen LogP contribution in [-0.2, 0) is 4.79 Å². The Bertz CT molecular complexity index is 473. The number of halogens is 3. The predicted molar refractivity (Wildman–Crippen MR) is 78.1 cm³/mol. The van der Waals surface area contributed by atoms with E-state index in [0.717, 1.165) is 4.47 Å². The van der Waals surface area contributed by atoms with Crippen molar-refractivity contribution in [2.75, 3.05) is 13.1 Å². The molecule has 1 unspecified atom stereocenters. The molecule has 19 heavy (non-hydrogen) atoms. The van der Waals surface area contributed by atoms with Gasteiger partial charge in [-0.05, 0) is 28.4 Å². The number of nitrogens with zero attached hydrogens (tertiary/aromatic N) is 2. The summed E-state index contributed by atoms with van der Waals surface area (Å²) in [7, 11) is 0. The van der Waals surface area contributed by atoms with Gasteiger partial charge < -0.3 is 10.0 Å². The number of carboxylic acids is 1. The van der Waals surface area contributed by atoms with E-state index < -0.39 is 11.9 Å². The van der Waals surface area contributed by atoms with Gasteiger partial charge in [-0.25, -0.2) is 0 Å². The van der Waals surface area contributed by atoms with Crippen LogP contribution in [-0.4, -0.2) is 40.0 Å². The zero-order valence-electron chi connectivity index (χ0n) is 9.78. The minimum Gasteiger partial charge on any atom is -0.481 e. The summed E-state index contributed by atoms with van der Waals surface area (Å²) in [6.07, 6.45) is 3.60. The van der Waals surface area contributed by atoms with Gasteiger partial charge in [-0.3, -0.25) is 14.6 Å². The summed E-state index contributed by atoms with van der Waals surface area (Å²) in [5, 5.41) is 8.87. The van der Waals surface area contributed by atoms with Crippen LogP contribution in [0.4, 0.5) is 0 Å². The Hall–Kier alpha value is -0.850. The third-order valence-electron chi connectivity index (χ3n) is 2.78. The Morgan fingerprint density at radius 1 is 1.37 bits per heavy atom. The Labute approximate surface area is 131 Å². The molecule has 0 spiro atoms. The summed E-state index contributed by atoms with van der Waals surface area (Å²) < 4.78 is 0.734. The van der Waals surface area contributed by atoms with E-state index in [4.69, 9.17) is 5.11 Å². The molecule has 106 valence electrons. The van der Waals surface area contributed by atoms with Crippen LogP contribution in [0.5, 0.6) is 0 Å². The number of carbonyl (C=O) groups is 2. The molecule has 0 aromatic carbocycles. The maximum atomic E-state index is 12.0. The molecule has 1 saturated heterocycles. The van der Waals surface area contributed by atoms with Crippen molar-refractivity contribution in [1.29, 1.82) is 0 Å². The first-order chi connectivity index (χ1) is 8.08. The van der Waals surface area contributed by atoms with E-state index in [-0.39, 0.29) is 37.3 Å². The van der Waals surface area contributed by atoms with Crippen molar-refractivity contribution in [3.63, 3.8) is 0 Å². The highest BCUT2D eigenvalue weighted by molar-refractivity contribution is 9.10. The van der Waals surface area contributed by atoms with E-state index >= 15 is 0 Å². The number of pyridine rings is 1. The molecule has 1 atom stereocenters. The highest BCUT2D eigenvalue weighted by Gasteiger charge is 2.31. The first-order valence-electron chi connectivity index (χ1n) is 5.20. The standard InChI is InChI=1S/C11H11BrN2O3.2ClH/c12-9-3-8(4-13-5-9)10(15)14-2-1-7(6-14)11(16)17;;/h3-5,7H,1-2,6H2,(H,16,17);2*1H. The number of hydrogen-bond acceptors (Lipinski definition) is 3. The van der Waals surface area contributed by atoms with Crippen LogP contribution in [0, 0.1) is 5.92 Å². The maximum absolute atomic E-state index is 12.0. The van der Waals surface area contributed by atoms with Crippen LogP contribution >= 0.6 is 40.7 Å². The van der Waals surface area contributed by atoms with Gasteiger partial charge in [0, 0.05) is 30.0 Å². The van der Waals surface area contributed by atoms with Gasteiger partial charge in [-0.2, -0.15) is 0 Å². The smallest absolute Gasteiger partial charge is 0.308 e. The third-order valence-corrected chi connectivity index (χ3v) is 3.21. The Morgan fingerprint density at radius 2 is 2.05 bits per heavy atom. The molecular formula is C11H13BrCl2N2O3. The summed E-state index contributed by atoms with van der Waals surface area (Å²) in [6.45, 7) is 0.767. The van der Waals surface area contributed by atoms with Gasteiger partial charge in [0.15, 0.2) is 0 Å². The fraction of sp³-hybridized carbons (Fsp3) is 0.364. The molecule has 1 amide bonds. The number of carboxylic acid groups (broad SMARTS) is 1. The van der Waals surface area contributed by atoms with Crippen molar-refractivity contribution in [1.82, 2.24) is 9.88 Å². The number of hydrogen-bond donors (Lipinski definition) is 1. The van der Waals surface area contributed by atoms with E-state index in [1.165, 1.54) is 6.20 Å². The molecule has 0 saturated carbocycles. The van der Waals surface area contributed by atoms with E-state index in [2.05, 4.69) is 20.9 Å². The van der Waals surface area contributed by atoms with Crippen LogP contribution in [0.15, 0.2) is 22.9 Å². The fourth-order valence-electron chi connectivity index (χ4n) is 1.86. The van der Waals surface area contributed by atoms with Crippen LogP contribution in [0.2, 0.25) is 0 Å². The van der Waals surface area contributed by atoms with E-state index in [0.29, 0.717) is 18.5 Å². The van der Waals surface area contributed by atoms with Gasteiger partial charge in [-0.1, -0.05) is 0 Å². The Balaban J connectivity index is 0.00000162. The van der Waals surface area contributed by atoms with Crippen LogP contribution in [0.1, 0.15) is 16.8 Å². The Morgan fingerprint density at radius 3 is 2.58 bits per heavy atom. The van der Waals surface area contributed by atoms with Crippen LogP contribution < -0.4 is 0 Å². The average Bonchev–Trinajstić information content (AvgIpc) is 2.77. The molecule has 1 aromatic heterocycles. The summed E-state index contributed by atoms with van der Waals surface area (Å²) in [6, 6.07) is 1.68. The molecular weight excluding hydrogens is 359 g/mol. The average molecular weight is 372 g/mol. The van der Waals surface area contributed by atoms with Crippen molar-refractivity contribution >= 4 is 52.6 Å². The van der Waals surface area contributed by atoms with Crippen molar-refractivity contribution in [3.05, 3.63) is 28.5 Å². The first-order valence-corrected chi connectivity index (χ1v) is 6.00. The summed E-state index contributed by atoms with van der Waals surface area (Å²) in [5.74, 6) is -1.45. The number of aromatic nitrogens is 1. The molecule has 1 aliphatic rings. The van der Waals surface area contributed by atoms with Crippen molar-refractivity contribution < 1.29 is 14.7 Å². The lowest BCUT2D eigenvalue weighted by atomic mass is 10.1. The topological polar surface area (TPSA) is 70.5 Å². The van der Waals surface area contributed by atoms with E-state index in [1.54, 1.807) is 17.2 Å². The third kappa shape index (κ3) is 4.33. The zero-order valence-corrected chi connectivity index (χ0v) is 13.0. The SMILES string of the molecule is Cl.Cl.O=C(O)C1CCN(C(=O)c2cncc(Br)c2)C1. The molecule has 0 bridgehead atoms. The summed E-state index contributed by atoms with van der Waals surface area (Å²) >= 11 is 3.25. The van der Waals surface area contributed by atoms with Crippen molar-refractivity contribution in [2.45, 2.75) is 6.42 Å². The van der Waals surface area contributed by atoms with Crippen LogP contribution in [0.3, 0.4) is 0 Å². The molecule has 2 rings (SSSR count). The molecule has 1 N–H and O–H groups in total. The minimum atomic E-state index is -0.840. The van der Waals surface area contributed by atoms with Crippen molar-refractivity contribution in [3.8, 4) is 0 Å². The lowest BCUT2D eigenvalue weighted by Gasteiger charge is -2.15. The highest BCUT2D eigenvalue weighted by Crippen LogP contribution is 2.19. The number of aliphatic carboxylic acids is 1. The number of likely N-dealkylation sites (tertiary alicyclic amines) is 1. The molecule has 0 aliphatic carbocycles. The highest BCUT2D eigenvalue weighted by atomic mass is 79.9. The molecule has 1 aliphatic heterocycles. The monoisotopic (exact) mass is 370 g/mol. The van der Waals surface area contributed by atoms with E-state index in [9.17, 15) is 9.59 Å². The molecule has 0 radical (unpaired) electrons. The number of rotatable bonds is 2. The number of amides is 1. The van der Waals surface area contributed by atoms with Crippen LogP contribution in [0.25, 0.3) is 0 Å². The molecule has 1 aromatic rings. The minimum absolute atomic E-state index is 0. The van der Waals surface area contributed by atoms with Gasteiger partial charge in [-0.15, -0.1) is 24.8 Å². The molecule has 2 heterocycles. The number of carbonyl (C=O) groups excluding carboxylic acids is 1. The lowest BCUT2D eigenvalue weighted by molar-refractivity contribution is -0.141. The van der Waals surface area contributed by atoms with Gasteiger partial charge in [0.2, 0.25) is 0 Å². The van der Waals surface area contributed by atoms with Crippen molar-refractivity contribution in [2.24, 2.45) is 5.92 Å². The van der Waals surface area contributed by atoms with Gasteiger partial charge >= 0.3 is 5.97 Å². The second-order valence-corrected chi connectivity index (χ2v) is 4.88. The molecule has 1 fully saturated rings. The van der Waals surface area contributed by atoms with E-state index in [1.807, 2.05) is 0 Å². The largest absolute Gasteiger partial charge is 0.481 e.